The first-order chi connectivity index (χ1) is 33.5. The molecule has 11 rings (SSSR count). The highest BCUT2D eigenvalue weighted by molar-refractivity contribution is 5.50. The van der Waals surface area contributed by atoms with Crippen LogP contribution >= 0.6 is 0 Å². The Balaban J connectivity index is 0.000000128. The number of rotatable bonds is 11. The maximum absolute atomic E-state index is 10.7. The standard InChI is InChI=1S/2C17H12N6O.C12H8N6O2/c1-2-10-19-16(8-1)17-20-22-23(21-17)13-5-3-6-14(11-13)24-15-7-4-9-18-12-15;1-2-11-19-16(5-1)17-20-22-23(21-17)13-6-8-14(9-7-13)24-15-4-3-10-18-12-15;19-18(20)10-5-3-4-9(8-10)17-15-12(14-16-17)11-6-1-2-7-13-11/h2*1-12H;1-8H. The molecular weight excluding hydrogens is 869 g/mol. The average molecular weight is 901 g/mol. The van der Waals surface area contributed by atoms with Gasteiger partial charge in [0.05, 0.1) is 34.4 Å². The molecule has 330 valence electrons. The molecule has 8 heterocycles. The van der Waals surface area contributed by atoms with Crippen molar-refractivity contribution in [2.45, 2.75) is 0 Å². The number of nitro groups is 1. The number of benzene rings is 3. The molecule has 0 saturated heterocycles. The molecule has 0 amide bonds. The summed E-state index contributed by atoms with van der Waals surface area (Å²) in [6.07, 6.45) is 11.7. The number of ether oxygens (including phenoxy) is 2. The second-order valence-electron chi connectivity index (χ2n) is 13.7. The summed E-state index contributed by atoms with van der Waals surface area (Å²) in [5.74, 6) is 4.02. The number of nitro benzene ring substituents is 1. The molecule has 0 N–H and O–H groups in total. The lowest BCUT2D eigenvalue weighted by atomic mass is 10.3. The van der Waals surface area contributed by atoms with E-state index in [4.69, 9.17) is 9.47 Å². The zero-order chi connectivity index (χ0) is 46.3. The number of non-ortho nitro benzene ring substituents is 1. The van der Waals surface area contributed by atoms with Crippen molar-refractivity contribution in [3.63, 3.8) is 0 Å². The van der Waals surface area contributed by atoms with Crippen LogP contribution in [0.2, 0.25) is 0 Å². The normalized spacial score (nSPS) is 10.5. The van der Waals surface area contributed by atoms with Gasteiger partial charge in [-0.15, -0.1) is 45.0 Å². The lowest BCUT2D eigenvalue weighted by Crippen LogP contribution is -2.00. The molecule has 0 aliphatic rings. The predicted octanol–water partition coefficient (Wildman–Crippen LogP) is 7.46. The van der Waals surface area contributed by atoms with E-state index >= 15 is 0 Å². The Bertz CT molecular complexity index is 3330. The Morgan fingerprint density at radius 2 is 0.868 bits per heavy atom. The molecule has 22 nitrogen and oxygen atoms in total. The van der Waals surface area contributed by atoms with Crippen LogP contribution in [0.25, 0.3) is 51.6 Å². The van der Waals surface area contributed by atoms with Crippen molar-refractivity contribution >= 4 is 5.69 Å². The summed E-state index contributed by atoms with van der Waals surface area (Å²) in [6, 6.07) is 44.6. The van der Waals surface area contributed by atoms with Crippen LogP contribution < -0.4 is 9.47 Å². The Morgan fingerprint density at radius 1 is 0.412 bits per heavy atom. The van der Waals surface area contributed by atoms with Crippen molar-refractivity contribution in [3.05, 3.63) is 205 Å². The summed E-state index contributed by atoms with van der Waals surface area (Å²) in [5.41, 5.74) is 3.90. The van der Waals surface area contributed by atoms with Crippen molar-refractivity contribution in [2.75, 3.05) is 0 Å². The van der Waals surface area contributed by atoms with E-state index in [2.05, 4.69) is 71.2 Å². The highest BCUT2D eigenvalue weighted by atomic mass is 16.6. The molecule has 68 heavy (non-hydrogen) atoms. The Kier molecular flexibility index (Phi) is 13.2. The molecule has 0 fully saturated rings. The minimum Gasteiger partial charge on any atom is -0.456 e. The van der Waals surface area contributed by atoms with E-state index in [-0.39, 0.29) is 5.69 Å². The van der Waals surface area contributed by atoms with Gasteiger partial charge in [0.15, 0.2) is 0 Å². The third-order valence-corrected chi connectivity index (χ3v) is 9.05. The average Bonchev–Trinajstić information content (AvgIpc) is 4.22. The lowest BCUT2D eigenvalue weighted by Gasteiger charge is -2.06. The Morgan fingerprint density at radius 3 is 1.32 bits per heavy atom. The van der Waals surface area contributed by atoms with Crippen LogP contribution in [0.1, 0.15) is 0 Å². The molecule has 0 unspecified atom stereocenters. The van der Waals surface area contributed by atoms with Gasteiger partial charge >= 0.3 is 0 Å². The second-order valence-corrected chi connectivity index (χ2v) is 13.7. The summed E-state index contributed by atoms with van der Waals surface area (Å²) in [7, 11) is 0. The molecular formula is C46H32N18O4. The van der Waals surface area contributed by atoms with E-state index in [1.54, 1.807) is 67.6 Å². The molecule has 22 heteroatoms. The van der Waals surface area contributed by atoms with Crippen LogP contribution in [0.4, 0.5) is 5.69 Å². The molecule has 0 atom stereocenters. The predicted molar refractivity (Wildman–Crippen MR) is 242 cm³/mol. The van der Waals surface area contributed by atoms with Gasteiger partial charge in [-0.3, -0.25) is 35.0 Å². The number of aromatic nitrogens is 17. The fourth-order valence-electron chi connectivity index (χ4n) is 5.90. The van der Waals surface area contributed by atoms with Gasteiger partial charge in [-0.25, -0.2) is 0 Å². The first kappa shape index (κ1) is 42.9. The molecule has 0 spiro atoms. The van der Waals surface area contributed by atoms with Gasteiger partial charge in [-0.2, -0.15) is 0 Å². The summed E-state index contributed by atoms with van der Waals surface area (Å²) in [4.78, 5) is 35.0. The summed E-state index contributed by atoms with van der Waals surface area (Å²) < 4.78 is 11.5. The summed E-state index contributed by atoms with van der Waals surface area (Å²) in [5, 5.41) is 47.6. The highest BCUT2D eigenvalue weighted by Crippen LogP contribution is 2.24. The quantitative estimate of drug-likeness (QED) is 0.0901. The Hall–Kier alpha value is -10.4. The van der Waals surface area contributed by atoms with Gasteiger partial charge in [0.2, 0.25) is 17.5 Å². The van der Waals surface area contributed by atoms with Gasteiger partial charge in [-0.05, 0) is 119 Å². The summed E-state index contributed by atoms with van der Waals surface area (Å²) >= 11 is 0. The molecule has 8 aromatic heterocycles. The van der Waals surface area contributed by atoms with E-state index in [0.717, 1.165) is 11.4 Å². The SMILES string of the molecule is O=[N+]([O-])c1cccc(-n2nnc(-c3ccccn3)n2)c1.c1ccc(-c2nnn(-c3ccc(Oc4cccnc4)cc3)n2)nc1.c1ccc(-c2nnn(-c3cccc(Oc4cccnc4)c3)n2)nc1. The number of pyridine rings is 5. The van der Waals surface area contributed by atoms with Crippen LogP contribution in [0.5, 0.6) is 23.0 Å². The summed E-state index contributed by atoms with van der Waals surface area (Å²) in [6.45, 7) is 0. The smallest absolute Gasteiger partial charge is 0.271 e. The second kappa shape index (κ2) is 20.9. The van der Waals surface area contributed by atoms with Gasteiger partial charge in [0.25, 0.3) is 5.69 Å². The van der Waals surface area contributed by atoms with Gasteiger partial charge < -0.3 is 9.47 Å². The lowest BCUT2D eigenvalue weighted by molar-refractivity contribution is -0.384. The van der Waals surface area contributed by atoms with Gasteiger partial charge in [0, 0.05) is 49.2 Å². The maximum Gasteiger partial charge on any atom is 0.271 e. The molecule has 0 bridgehead atoms. The van der Waals surface area contributed by atoms with Crippen molar-refractivity contribution in [2.24, 2.45) is 0 Å². The fourth-order valence-corrected chi connectivity index (χ4v) is 5.90. The van der Waals surface area contributed by atoms with E-state index in [1.807, 2.05) is 115 Å². The van der Waals surface area contributed by atoms with E-state index in [0.29, 0.717) is 63.2 Å². The zero-order valence-corrected chi connectivity index (χ0v) is 35.2. The largest absolute Gasteiger partial charge is 0.456 e. The molecule has 3 aromatic carbocycles. The third kappa shape index (κ3) is 11.0. The minimum atomic E-state index is -0.472. The third-order valence-electron chi connectivity index (χ3n) is 9.05. The minimum absolute atomic E-state index is 0.0285. The van der Waals surface area contributed by atoms with Crippen molar-refractivity contribution in [1.82, 2.24) is 85.5 Å². The number of hydrogen-bond donors (Lipinski definition) is 0. The van der Waals surface area contributed by atoms with Crippen LogP contribution in [0.15, 0.2) is 195 Å². The highest BCUT2D eigenvalue weighted by Gasteiger charge is 2.13. The molecule has 0 saturated carbocycles. The van der Waals surface area contributed by atoms with E-state index in [1.165, 1.54) is 26.5 Å². The fraction of sp³-hybridized carbons (Fsp3) is 0. The van der Waals surface area contributed by atoms with Crippen molar-refractivity contribution in [1.29, 1.82) is 0 Å². The van der Waals surface area contributed by atoms with Crippen molar-refractivity contribution < 1.29 is 14.4 Å². The number of nitrogens with zero attached hydrogens (tertiary/aromatic N) is 18. The Labute approximate surface area is 384 Å². The van der Waals surface area contributed by atoms with Crippen LogP contribution in [-0.2, 0) is 0 Å². The molecule has 0 aliphatic heterocycles. The van der Waals surface area contributed by atoms with Crippen LogP contribution in [0, 0.1) is 10.1 Å². The number of tetrazole rings is 3. The monoisotopic (exact) mass is 900 g/mol. The van der Waals surface area contributed by atoms with E-state index < -0.39 is 4.92 Å². The van der Waals surface area contributed by atoms with Gasteiger partial charge in [0.1, 0.15) is 40.1 Å². The van der Waals surface area contributed by atoms with Crippen molar-refractivity contribution in [3.8, 4) is 74.6 Å². The molecule has 0 aliphatic carbocycles. The first-order valence-corrected chi connectivity index (χ1v) is 20.3. The molecule has 0 radical (unpaired) electrons. The van der Waals surface area contributed by atoms with Crippen LogP contribution in [-0.4, -0.2) is 90.5 Å². The first-order valence-electron chi connectivity index (χ1n) is 20.3. The van der Waals surface area contributed by atoms with Gasteiger partial charge in [-0.1, -0.05) is 30.3 Å². The number of hydrogen-bond acceptors (Lipinski definition) is 18. The zero-order valence-electron chi connectivity index (χ0n) is 35.2. The topological polar surface area (TPSA) is 257 Å². The van der Waals surface area contributed by atoms with E-state index in [9.17, 15) is 10.1 Å². The van der Waals surface area contributed by atoms with Crippen LogP contribution in [0.3, 0.4) is 0 Å². The molecule has 11 aromatic rings. The maximum atomic E-state index is 10.7.